The summed E-state index contributed by atoms with van der Waals surface area (Å²) in [5.41, 5.74) is 2.73. The number of hydrogen-bond donors (Lipinski definition) is 1. The summed E-state index contributed by atoms with van der Waals surface area (Å²) in [4.78, 5) is 6.86. The van der Waals surface area contributed by atoms with Crippen molar-refractivity contribution in [2.45, 2.75) is 30.8 Å². The van der Waals surface area contributed by atoms with E-state index in [0.29, 0.717) is 6.61 Å². The van der Waals surface area contributed by atoms with Crippen molar-refractivity contribution < 1.29 is 4.74 Å². The van der Waals surface area contributed by atoms with Crippen LogP contribution in [0.3, 0.4) is 0 Å². The van der Waals surface area contributed by atoms with Crippen LogP contribution < -0.4 is 5.32 Å². The van der Waals surface area contributed by atoms with Gasteiger partial charge in [-0.15, -0.1) is 0 Å². The fourth-order valence-corrected chi connectivity index (χ4v) is 4.62. The Morgan fingerprint density at radius 1 is 1.43 bits per heavy atom. The fourth-order valence-electron chi connectivity index (χ4n) is 4.22. The van der Waals surface area contributed by atoms with Crippen LogP contribution >= 0.6 is 15.9 Å². The van der Waals surface area contributed by atoms with Crippen LogP contribution in [0.1, 0.15) is 36.5 Å². The molecule has 28 heavy (non-hydrogen) atoms. The molecule has 2 fully saturated rings. The molecule has 1 unspecified atom stereocenters. The maximum Gasteiger partial charge on any atom is 0.193 e. The SMILES string of the molecule is CN=C(NCC1(c2cccc(Br)c2)CCC1)N1CCOC(c2cnn(C)c2)C1. The number of aromatic nitrogens is 2. The summed E-state index contributed by atoms with van der Waals surface area (Å²) in [6.07, 6.45) is 7.67. The van der Waals surface area contributed by atoms with Gasteiger partial charge in [0.05, 0.1) is 19.3 Å². The first-order valence-corrected chi connectivity index (χ1v) is 10.7. The van der Waals surface area contributed by atoms with Crippen LogP contribution in [-0.2, 0) is 17.2 Å². The van der Waals surface area contributed by atoms with Crippen molar-refractivity contribution in [3.05, 3.63) is 52.3 Å². The number of morpholine rings is 1. The van der Waals surface area contributed by atoms with Gasteiger partial charge >= 0.3 is 0 Å². The van der Waals surface area contributed by atoms with Crippen molar-refractivity contribution in [2.75, 3.05) is 33.3 Å². The maximum absolute atomic E-state index is 5.98. The maximum atomic E-state index is 5.98. The number of halogens is 1. The van der Waals surface area contributed by atoms with Crippen molar-refractivity contribution in [3.8, 4) is 0 Å². The topological polar surface area (TPSA) is 54.7 Å². The summed E-state index contributed by atoms with van der Waals surface area (Å²) >= 11 is 3.62. The first-order chi connectivity index (χ1) is 13.6. The van der Waals surface area contributed by atoms with Gasteiger partial charge in [-0.05, 0) is 30.5 Å². The van der Waals surface area contributed by atoms with Gasteiger partial charge in [-0.25, -0.2) is 0 Å². The van der Waals surface area contributed by atoms with Gasteiger partial charge in [0.15, 0.2) is 5.96 Å². The average molecular weight is 446 g/mol. The number of aryl methyl sites for hydroxylation is 1. The highest BCUT2D eigenvalue weighted by molar-refractivity contribution is 9.10. The molecule has 1 N–H and O–H groups in total. The van der Waals surface area contributed by atoms with E-state index in [4.69, 9.17) is 4.74 Å². The van der Waals surface area contributed by atoms with E-state index in [2.05, 4.69) is 60.5 Å². The van der Waals surface area contributed by atoms with Crippen LogP contribution in [0, 0.1) is 0 Å². The molecular formula is C21H28BrN5O. The monoisotopic (exact) mass is 445 g/mol. The normalized spacial score (nSPS) is 22.0. The molecule has 1 saturated carbocycles. The van der Waals surface area contributed by atoms with Crippen LogP contribution in [-0.4, -0.2) is 53.9 Å². The standard InChI is InChI=1S/C21H28BrN5O/c1-23-20(27-9-10-28-19(14-27)16-12-25-26(2)13-16)24-15-21(7-4-8-21)17-5-3-6-18(22)11-17/h3,5-6,11-13,19H,4,7-10,14-15H2,1-2H3,(H,23,24). The molecule has 0 bridgehead atoms. The first-order valence-electron chi connectivity index (χ1n) is 9.91. The molecule has 6 nitrogen and oxygen atoms in total. The molecule has 1 aromatic heterocycles. The van der Waals surface area contributed by atoms with Crippen molar-refractivity contribution in [1.82, 2.24) is 20.0 Å². The lowest BCUT2D eigenvalue weighted by Gasteiger charge is -2.44. The van der Waals surface area contributed by atoms with Gasteiger partial charge < -0.3 is 15.0 Å². The molecule has 2 heterocycles. The fraction of sp³-hybridized carbons (Fsp3) is 0.524. The van der Waals surface area contributed by atoms with Gasteiger partial charge in [0.25, 0.3) is 0 Å². The third-order valence-electron chi connectivity index (χ3n) is 6.01. The van der Waals surface area contributed by atoms with Crippen LogP contribution in [0.4, 0.5) is 0 Å². The largest absolute Gasteiger partial charge is 0.370 e. The molecule has 1 saturated heterocycles. The van der Waals surface area contributed by atoms with E-state index >= 15 is 0 Å². The predicted octanol–water partition coefficient (Wildman–Crippen LogP) is 3.25. The quantitative estimate of drug-likeness (QED) is 0.579. The number of ether oxygens (including phenoxy) is 1. The minimum absolute atomic E-state index is 0.0312. The van der Waals surface area contributed by atoms with Crippen LogP contribution in [0.15, 0.2) is 46.1 Å². The van der Waals surface area contributed by atoms with Gasteiger partial charge in [-0.3, -0.25) is 9.67 Å². The Kier molecular flexibility index (Phi) is 5.73. The molecule has 0 amide bonds. The molecular weight excluding hydrogens is 418 g/mol. The number of hydrogen-bond acceptors (Lipinski definition) is 3. The Hall–Kier alpha value is -1.86. The molecule has 7 heteroatoms. The zero-order valence-corrected chi connectivity index (χ0v) is 18.2. The minimum Gasteiger partial charge on any atom is -0.370 e. The van der Waals surface area contributed by atoms with Gasteiger partial charge in [-0.1, -0.05) is 34.5 Å². The number of nitrogens with one attached hydrogen (secondary N) is 1. The molecule has 4 rings (SSSR count). The third-order valence-corrected chi connectivity index (χ3v) is 6.50. The van der Waals surface area contributed by atoms with Gasteiger partial charge in [-0.2, -0.15) is 5.10 Å². The summed E-state index contributed by atoms with van der Waals surface area (Å²) in [6.45, 7) is 3.23. The van der Waals surface area contributed by atoms with Crippen molar-refractivity contribution >= 4 is 21.9 Å². The van der Waals surface area contributed by atoms with Crippen LogP contribution in [0.25, 0.3) is 0 Å². The van der Waals surface area contributed by atoms with Gasteiger partial charge in [0, 0.05) is 48.8 Å². The second-order valence-electron chi connectivity index (χ2n) is 7.80. The third kappa shape index (κ3) is 3.96. The van der Waals surface area contributed by atoms with E-state index in [1.165, 1.54) is 24.8 Å². The summed E-state index contributed by atoms with van der Waals surface area (Å²) < 4.78 is 8.95. The second kappa shape index (κ2) is 8.25. The van der Waals surface area contributed by atoms with Crippen LogP contribution in [0.2, 0.25) is 0 Å². The molecule has 1 aromatic carbocycles. The average Bonchev–Trinajstić information content (AvgIpc) is 3.11. The Labute approximate surface area is 175 Å². The number of rotatable bonds is 4. The highest BCUT2D eigenvalue weighted by Crippen LogP contribution is 2.43. The lowest BCUT2D eigenvalue weighted by Crippen LogP contribution is -2.52. The summed E-state index contributed by atoms with van der Waals surface area (Å²) in [5, 5.41) is 7.94. The summed E-state index contributed by atoms with van der Waals surface area (Å²) in [6, 6.07) is 8.74. The van der Waals surface area contributed by atoms with Crippen molar-refractivity contribution in [1.29, 1.82) is 0 Å². The highest BCUT2D eigenvalue weighted by Gasteiger charge is 2.39. The molecule has 2 aliphatic rings. The number of nitrogens with zero attached hydrogens (tertiary/aromatic N) is 4. The Balaban J connectivity index is 1.43. The van der Waals surface area contributed by atoms with E-state index in [0.717, 1.165) is 35.6 Å². The first kappa shape index (κ1) is 19.5. The minimum atomic E-state index is 0.0312. The molecule has 1 atom stereocenters. The van der Waals surface area contributed by atoms with E-state index in [-0.39, 0.29) is 11.5 Å². The summed E-state index contributed by atoms with van der Waals surface area (Å²) in [5.74, 6) is 0.957. The zero-order valence-electron chi connectivity index (χ0n) is 16.6. The van der Waals surface area contributed by atoms with Gasteiger partial charge in [0.2, 0.25) is 0 Å². The number of benzene rings is 1. The molecule has 150 valence electrons. The van der Waals surface area contributed by atoms with E-state index in [1.54, 1.807) is 0 Å². The zero-order chi connectivity index (χ0) is 19.6. The van der Waals surface area contributed by atoms with Crippen molar-refractivity contribution in [2.24, 2.45) is 12.0 Å². The summed E-state index contributed by atoms with van der Waals surface area (Å²) in [7, 11) is 3.80. The molecule has 1 aliphatic carbocycles. The Morgan fingerprint density at radius 2 is 2.29 bits per heavy atom. The molecule has 0 radical (unpaired) electrons. The van der Waals surface area contributed by atoms with Crippen molar-refractivity contribution in [3.63, 3.8) is 0 Å². The van der Waals surface area contributed by atoms with E-state index in [1.807, 2.05) is 31.2 Å². The predicted molar refractivity (Wildman–Crippen MR) is 115 cm³/mol. The Morgan fingerprint density at radius 3 is 2.93 bits per heavy atom. The lowest BCUT2D eigenvalue weighted by molar-refractivity contribution is -0.00820. The van der Waals surface area contributed by atoms with Crippen LogP contribution in [0.5, 0.6) is 0 Å². The lowest BCUT2D eigenvalue weighted by atomic mass is 9.64. The van der Waals surface area contributed by atoms with Gasteiger partial charge in [0.1, 0.15) is 6.10 Å². The molecule has 0 spiro atoms. The Bertz CT molecular complexity index is 845. The smallest absolute Gasteiger partial charge is 0.193 e. The molecule has 1 aliphatic heterocycles. The van der Waals surface area contributed by atoms with E-state index < -0.39 is 0 Å². The highest BCUT2D eigenvalue weighted by atomic mass is 79.9. The number of guanidine groups is 1. The van der Waals surface area contributed by atoms with E-state index in [9.17, 15) is 0 Å². The number of aliphatic imine (C=N–C) groups is 1. The molecule has 2 aromatic rings. The second-order valence-corrected chi connectivity index (χ2v) is 8.71.